The van der Waals surface area contributed by atoms with Gasteiger partial charge in [-0.3, -0.25) is 4.79 Å². The summed E-state index contributed by atoms with van der Waals surface area (Å²) in [6.45, 7) is 5.50. The summed E-state index contributed by atoms with van der Waals surface area (Å²) < 4.78 is 5.21. The topological polar surface area (TPSA) is 75.4 Å². The fourth-order valence-corrected chi connectivity index (χ4v) is 2.02. The highest BCUT2D eigenvalue weighted by Crippen LogP contribution is 2.24. The maximum atomic E-state index is 12.4. The summed E-state index contributed by atoms with van der Waals surface area (Å²) >= 11 is 0. The smallest absolute Gasteiger partial charge is 0.261 e. The number of hydrogen-bond acceptors (Lipinski definition) is 4. The van der Waals surface area contributed by atoms with E-state index in [1.54, 1.807) is 25.1 Å². The van der Waals surface area contributed by atoms with Crippen LogP contribution in [0, 0.1) is 6.92 Å². The van der Waals surface area contributed by atoms with E-state index < -0.39 is 0 Å². The summed E-state index contributed by atoms with van der Waals surface area (Å²) in [6, 6.07) is 7.13. The second-order valence-corrected chi connectivity index (χ2v) is 4.93. The third-order valence-electron chi connectivity index (χ3n) is 3.08. The first-order chi connectivity index (χ1) is 9.54. The monoisotopic (exact) mass is 274 g/mol. The average Bonchev–Trinajstić information content (AvgIpc) is 2.81. The Bertz CT molecular complexity index is 617. The van der Waals surface area contributed by atoms with E-state index in [0.717, 1.165) is 0 Å². The molecule has 0 saturated heterocycles. The van der Waals surface area contributed by atoms with E-state index in [-0.39, 0.29) is 18.4 Å². The van der Waals surface area contributed by atoms with Crippen molar-refractivity contribution in [2.24, 2.45) is 0 Å². The van der Waals surface area contributed by atoms with Crippen molar-refractivity contribution in [3.63, 3.8) is 0 Å². The van der Waals surface area contributed by atoms with Crippen molar-refractivity contribution in [2.75, 3.05) is 5.32 Å². The molecule has 0 bridgehead atoms. The number of aryl methyl sites for hydroxylation is 1. The lowest BCUT2D eigenvalue weighted by Gasteiger charge is -2.10. The number of carbonyl (C=O) groups is 1. The quantitative estimate of drug-likeness (QED) is 0.899. The normalized spacial score (nSPS) is 10.8. The van der Waals surface area contributed by atoms with Crippen LogP contribution in [-0.4, -0.2) is 16.2 Å². The third-order valence-corrected chi connectivity index (χ3v) is 3.08. The number of amides is 1. The molecule has 0 aliphatic rings. The fraction of sp³-hybridized carbons (Fsp3) is 0.333. The van der Waals surface area contributed by atoms with Crippen LogP contribution in [0.1, 0.15) is 47.1 Å². The number of aliphatic hydroxyl groups excluding tert-OH is 1. The number of aliphatic hydroxyl groups is 1. The number of nitrogens with zero attached hydrogens (tertiary/aromatic N) is 1. The number of aromatic nitrogens is 1. The molecule has 0 aliphatic carbocycles. The molecule has 2 N–H and O–H groups in total. The van der Waals surface area contributed by atoms with Gasteiger partial charge in [-0.1, -0.05) is 37.2 Å². The van der Waals surface area contributed by atoms with Crippen molar-refractivity contribution < 1.29 is 14.4 Å². The largest absolute Gasteiger partial charge is 0.392 e. The highest BCUT2D eigenvalue weighted by molar-refractivity contribution is 6.06. The second kappa shape index (κ2) is 5.88. The van der Waals surface area contributed by atoms with Crippen LogP contribution in [0.15, 0.2) is 28.8 Å². The summed E-state index contributed by atoms with van der Waals surface area (Å²) in [4.78, 5) is 12.4. The lowest BCUT2D eigenvalue weighted by Crippen LogP contribution is -2.16. The summed E-state index contributed by atoms with van der Waals surface area (Å²) in [5.41, 5.74) is 2.29. The Balaban J connectivity index is 2.31. The molecule has 1 heterocycles. The molecule has 5 nitrogen and oxygen atoms in total. The Hall–Kier alpha value is -2.14. The first-order valence-electron chi connectivity index (χ1n) is 6.50. The van der Waals surface area contributed by atoms with Crippen LogP contribution in [0.4, 0.5) is 5.69 Å². The zero-order valence-electron chi connectivity index (χ0n) is 11.8. The zero-order chi connectivity index (χ0) is 14.7. The predicted octanol–water partition coefficient (Wildman–Crippen LogP) is 2.85. The number of nitrogens with one attached hydrogen (secondary N) is 1. The summed E-state index contributed by atoms with van der Waals surface area (Å²) in [5, 5.41) is 15.9. The Morgan fingerprint density at radius 2 is 2.10 bits per heavy atom. The van der Waals surface area contributed by atoms with Gasteiger partial charge in [-0.05, 0) is 13.0 Å². The first-order valence-corrected chi connectivity index (χ1v) is 6.50. The molecular weight excluding hydrogens is 256 g/mol. The summed E-state index contributed by atoms with van der Waals surface area (Å²) in [7, 11) is 0. The number of para-hydroxylation sites is 1. The molecule has 0 unspecified atom stereocenters. The minimum Gasteiger partial charge on any atom is -0.392 e. The molecule has 2 aromatic rings. The van der Waals surface area contributed by atoms with E-state index in [1.165, 1.54) is 0 Å². The van der Waals surface area contributed by atoms with Gasteiger partial charge in [0.25, 0.3) is 5.91 Å². The third kappa shape index (κ3) is 2.72. The van der Waals surface area contributed by atoms with E-state index in [2.05, 4.69) is 10.5 Å². The van der Waals surface area contributed by atoms with Crippen LogP contribution in [0.3, 0.4) is 0 Å². The Labute approximate surface area is 117 Å². The van der Waals surface area contributed by atoms with E-state index in [1.807, 2.05) is 19.9 Å². The van der Waals surface area contributed by atoms with E-state index in [9.17, 15) is 9.90 Å². The number of carbonyl (C=O) groups excluding carboxylic acids is 1. The van der Waals surface area contributed by atoms with E-state index in [4.69, 9.17) is 4.52 Å². The molecule has 0 atom stereocenters. The first kappa shape index (κ1) is 14.3. The summed E-state index contributed by atoms with van der Waals surface area (Å²) in [5.74, 6) is 0.375. The number of benzene rings is 1. The maximum absolute atomic E-state index is 12.4. The average molecular weight is 274 g/mol. The molecule has 1 amide bonds. The fourth-order valence-electron chi connectivity index (χ4n) is 2.02. The van der Waals surface area contributed by atoms with Crippen LogP contribution in [0.2, 0.25) is 0 Å². The molecule has 0 radical (unpaired) electrons. The van der Waals surface area contributed by atoms with Gasteiger partial charge in [-0.25, -0.2) is 0 Å². The predicted molar refractivity (Wildman–Crippen MR) is 75.6 cm³/mol. The van der Waals surface area contributed by atoms with Crippen molar-refractivity contribution in [2.45, 2.75) is 33.3 Å². The minimum absolute atomic E-state index is 0.0741. The van der Waals surface area contributed by atoms with Gasteiger partial charge in [0.1, 0.15) is 5.56 Å². The van der Waals surface area contributed by atoms with Gasteiger partial charge in [0.05, 0.1) is 12.3 Å². The van der Waals surface area contributed by atoms with Crippen LogP contribution in [0.25, 0.3) is 0 Å². The molecule has 1 aromatic heterocycles. The molecule has 2 rings (SSSR count). The number of rotatable bonds is 4. The van der Waals surface area contributed by atoms with Crippen molar-refractivity contribution in [3.05, 3.63) is 46.8 Å². The van der Waals surface area contributed by atoms with Gasteiger partial charge in [0.2, 0.25) is 0 Å². The van der Waals surface area contributed by atoms with E-state index in [0.29, 0.717) is 28.3 Å². The van der Waals surface area contributed by atoms with Gasteiger partial charge in [-0.2, -0.15) is 0 Å². The van der Waals surface area contributed by atoms with Gasteiger partial charge in [-0.15, -0.1) is 0 Å². The van der Waals surface area contributed by atoms with Gasteiger partial charge in [0.15, 0.2) is 5.76 Å². The van der Waals surface area contributed by atoms with Crippen LogP contribution >= 0.6 is 0 Å². The van der Waals surface area contributed by atoms with Crippen LogP contribution in [-0.2, 0) is 6.61 Å². The molecule has 0 spiro atoms. The molecule has 0 fully saturated rings. The van der Waals surface area contributed by atoms with Crippen molar-refractivity contribution >= 4 is 11.6 Å². The molecule has 0 aliphatic heterocycles. The molecule has 1 aromatic carbocycles. The standard InChI is InChI=1S/C15H18N2O3/c1-9(2)14-13(10(3)17-20-14)15(19)16-12-7-5-4-6-11(12)8-18/h4-7,9,18H,8H2,1-3H3,(H,16,19). The summed E-state index contributed by atoms with van der Waals surface area (Å²) in [6.07, 6.45) is 0. The number of anilines is 1. The lowest BCUT2D eigenvalue weighted by molar-refractivity contribution is 0.102. The Morgan fingerprint density at radius 1 is 1.40 bits per heavy atom. The zero-order valence-corrected chi connectivity index (χ0v) is 11.8. The maximum Gasteiger partial charge on any atom is 0.261 e. The van der Waals surface area contributed by atoms with Crippen molar-refractivity contribution in [3.8, 4) is 0 Å². The Morgan fingerprint density at radius 3 is 2.75 bits per heavy atom. The van der Waals surface area contributed by atoms with Gasteiger partial charge in [0, 0.05) is 17.2 Å². The SMILES string of the molecule is Cc1noc(C(C)C)c1C(=O)Nc1ccccc1CO. The van der Waals surface area contributed by atoms with Crippen molar-refractivity contribution in [1.82, 2.24) is 5.16 Å². The minimum atomic E-state index is -0.270. The van der Waals surface area contributed by atoms with Crippen LogP contribution < -0.4 is 5.32 Å². The Kier molecular flexibility index (Phi) is 4.20. The van der Waals surface area contributed by atoms with Crippen LogP contribution in [0.5, 0.6) is 0 Å². The lowest BCUT2D eigenvalue weighted by atomic mass is 10.0. The van der Waals surface area contributed by atoms with Crippen molar-refractivity contribution in [1.29, 1.82) is 0 Å². The highest BCUT2D eigenvalue weighted by Gasteiger charge is 2.22. The van der Waals surface area contributed by atoms with Gasteiger partial charge < -0.3 is 14.9 Å². The molecule has 20 heavy (non-hydrogen) atoms. The molecule has 5 heteroatoms. The molecule has 0 saturated carbocycles. The van der Waals surface area contributed by atoms with E-state index >= 15 is 0 Å². The second-order valence-electron chi connectivity index (χ2n) is 4.93. The number of hydrogen-bond donors (Lipinski definition) is 2. The van der Waals surface area contributed by atoms with Gasteiger partial charge >= 0.3 is 0 Å². The highest BCUT2D eigenvalue weighted by atomic mass is 16.5. The molecular formula is C15H18N2O3. The molecule has 106 valence electrons.